The molecule has 0 radical (unpaired) electrons. The highest BCUT2D eigenvalue weighted by atomic mass is 16.5. The van der Waals surface area contributed by atoms with Gasteiger partial charge in [0.25, 0.3) is 0 Å². The van der Waals surface area contributed by atoms with Gasteiger partial charge in [-0.25, -0.2) is 9.78 Å². The zero-order chi connectivity index (χ0) is 14.5. The monoisotopic (exact) mass is 273 g/mol. The molecular formula is C15H19N3O2. The van der Waals surface area contributed by atoms with E-state index < -0.39 is 6.04 Å². The Hall–Kier alpha value is -2.30. The maximum Gasteiger partial charge on any atom is 0.334 e. The van der Waals surface area contributed by atoms with Gasteiger partial charge < -0.3 is 14.6 Å². The van der Waals surface area contributed by atoms with Gasteiger partial charge in [0.2, 0.25) is 0 Å². The molecule has 0 saturated heterocycles. The summed E-state index contributed by atoms with van der Waals surface area (Å²) in [6.45, 7) is 4.09. The minimum absolute atomic E-state index is 0.220. The van der Waals surface area contributed by atoms with Gasteiger partial charge in [-0.1, -0.05) is 18.2 Å². The van der Waals surface area contributed by atoms with Crippen LogP contribution in [0.15, 0.2) is 42.9 Å². The lowest BCUT2D eigenvalue weighted by molar-refractivity contribution is -0.141. The number of carbonyl (C=O) groups is 1. The summed E-state index contributed by atoms with van der Waals surface area (Å²) in [5.41, 5.74) is 1.65. The van der Waals surface area contributed by atoms with Crippen molar-refractivity contribution in [3.8, 4) is 0 Å². The maximum absolute atomic E-state index is 12.1. The van der Waals surface area contributed by atoms with Crippen molar-refractivity contribution in [1.82, 2.24) is 9.55 Å². The van der Waals surface area contributed by atoms with Crippen molar-refractivity contribution in [2.45, 2.75) is 25.9 Å². The molecule has 1 aromatic carbocycles. The number of hydrogen-bond donors (Lipinski definition) is 1. The predicted octanol–water partition coefficient (Wildman–Crippen LogP) is 2.79. The Morgan fingerprint density at radius 3 is 2.60 bits per heavy atom. The van der Waals surface area contributed by atoms with Gasteiger partial charge in [0, 0.05) is 11.7 Å². The molecule has 0 bridgehead atoms. The number of rotatable bonds is 5. The van der Waals surface area contributed by atoms with Gasteiger partial charge in [-0.15, -0.1) is 0 Å². The van der Waals surface area contributed by atoms with Crippen LogP contribution in [0, 0.1) is 0 Å². The SMILES string of the molecule is COC(=O)C(Nc1ccccc1)c1cncn1C(C)C. The van der Waals surface area contributed by atoms with Crippen molar-refractivity contribution in [2.24, 2.45) is 0 Å². The molecule has 1 heterocycles. The zero-order valence-corrected chi connectivity index (χ0v) is 11.9. The van der Waals surface area contributed by atoms with E-state index in [0.717, 1.165) is 11.4 Å². The minimum atomic E-state index is -0.577. The van der Waals surface area contributed by atoms with E-state index in [0.29, 0.717) is 0 Å². The van der Waals surface area contributed by atoms with E-state index in [2.05, 4.69) is 10.3 Å². The van der Waals surface area contributed by atoms with E-state index >= 15 is 0 Å². The molecule has 0 amide bonds. The Kier molecular flexibility index (Phi) is 4.40. The van der Waals surface area contributed by atoms with E-state index in [4.69, 9.17) is 4.74 Å². The number of nitrogens with one attached hydrogen (secondary N) is 1. The quantitative estimate of drug-likeness (QED) is 0.851. The van der Waals surface area contributed by atoms with Crippen LogP contribution in [-0.4, -0.2) is 22.6 Å². The summed E-state index contributed by atoms with van der Waals surface area (Å²) >= 11 is 0. The van der Waals surface area contributed by atoms with Gasteiger partial charge in [-0.3, -0.25) is 0 Å². The second kappa shape index (κ2) is 6.23. The van der Waals surface area contributed by atoms with Gasteiger partial charge in [-0.05, 0) is 26.0 Å². The van der Waals surface area contributed by atoms with Gasteiger partial charge >= 0.3 is 5.97 Å². The molecule has 0 fully saturated rings. The number of para-hydroxylation sites is 1. The Morgan fingerprint density at radius 2 is 2.00 bits per heavy atom. The van der Waals surface area contributed by atoms with Crippen LogP contribution in [-0.2, 0) is 9.53 Å². The molecular weight excluding hydrogens is 254 g/mol. The van der Waals surface area contributed by atoms with Crippen LogP contribution in [0.5, 0.6) is 0 Å². The number of anilines is 1. The van der Waals surface area contributed by atoms with E-state index in [9.17, 15) is 4.79 Å². The molecule has 0 aliphatic rings. The van der Waals surface area contributed by atoms with Crippen molar-refractivity contribution < 1.29 is 9.53 Å². The van der Waals surface area contributed by atoms with Crippen molar-refractivity contribution in [1.29, 1.82) is 0 Å². The van der Waals surface area contributed by atoms with Crippen LogP contribution in [0.3, 0.4) is 0 Å². The fourth-order valence-corrected chi connectivity index (χ4v) is 2.04. The number of esters is 1. The summed E-state index contributed by atoms with van der Waals surface area (Å²) in [5.74, 6) is -0.337. The summed E-state index contributed by atoms with van der Waals surface area (Å²) in [4.78, 5) is 16.2. The van der Waals surface area contributed by atoms with Crippen molar-refractivity contribution in [3.63, 3.8) is 0 Å². The number of carbonyl (C=O) groups excluding carboxylic acids is 1. The summed E-state index contributed by atoms with van der Waals surface area (Å²) < 4.78 is 6.86. The number of nitrogens with zero attached hydrogens (tertiary/aromatic N) is 2. The molecule has 5 nitrogen and oxygen atoms in total. The Balaban J connectivity index is 2.33. The van der Waals surface area contributed by atoms with E-state index in [1.54, 1.807) is 12.5 Å². The first-order chi connectivity index (χ1) is 9.63. The predicted molar refractivity (Wildman–Crippen MR) is 77.4 cm³/mol. The maximum atomic E-state index is 12.1. The number of methoxy groups -OCH3 is 1. The fourth-order valence-electron chi connectivity index (χ4n) is 2.04. The van der Waals surface area contributed by atoms with Crippen LogP contribution < -0.4 is 5.32 Å². The molecule has 0 aliphatic heterocycles. The Bertz CT molecular complexity index is 564. The molecule has 106 valence electrons. The van der Waals surface area contributed by atoms with Crippen LogP contribution in [0.1, 0.15) is 31.6 Å². The topological polar surface area (TPSA) is 56.1 Å². The van der Waals surface area contributed by atoms with Gasteiger partial charge in [-0.2, -0.15) is 0 Å². The average Bonchev–Trinajstić information content (AvgIpc) is 2.94. The van der Waals surface area contributed by atoms with Crippen LogP contribution in [0.2, 0.25) is 0 Å². The molecule has 1 atom stereocenters. The molecule has 1 N–H and O–H groups in total. The second-order valence-corrected chi connectivity index (χ2v) is 4.79. The van der Waals surface area contributed by atoms with E-state index in [1.165, 1.54) is 7.11 Å². The number of hydrogen-bond acceptors (Lipinski definition) is 4. The summed E-state index contributed by atoms with van der Waals surface area (Å²) in [5, 5.41) is 3.19. The lowest BCUT2D eigenvalue weighted by Gasteiger charge is -2.21. The number of imidazole rings is 1. The molecule has 0 aliphatic carbocycles. The normalized spacial score (nSPS) is 12.2. The number of benzene rings is 1. The highest BCUT2D eigenvalue weighted by molar-refractivity contribution is 5.80. The second-order valence-electron chi connectivity index (χ2n) is 4.79. The summed E-state index contributed by atoms with van der Waals surface area (Å²) in [7, 11) is 1.39. The Labute approximate surface area is 118 Å². The number of aromatic nitrogens is 2. The van der Waals surface area contributed by atoms with Crippen molar-refractivity contribution in [2.75, 3.05) is 12.4 Å². The highest BCUT2D eigenvalue weighted by Gasteiger charge is 2.25. The van der Waals surface area contributed by atoms with Crippen LogP contribution in [0.25, 0.3) is 0 Å². The highest BCUT2D eigenvalue weighted by Crippen LogP contribution is 2.23. The standard InChI is InChI=1S/C15H19N3O2/c1-11(2)18-10-16-9-13(18)14(15(19)20-3)17-12-7-5-4-6-8-12/h4-11,14,17H,1-3H3. The summed E-state index contributed by atoms with van der Waals surface area (Å²) in [6, 6.07) is 9.21. The molecule has 0 spiro atoms. The zero-order valence-electron chi connectivity index (χ0n) is 11.9. The van der Waals surface area contributed by atoms with Gasteiger partial charge in [0.1, 0.15) is 0 Å². The van der Waals surface area contributed by atoms with Crippen LogP contribution >= 0.6 is 0 Å². The first-order valence-corrected chi connectivity index (χ1v) is 6.54. The molecule has 1 unspecified atom stereocenters. The fraction of sp³-hybridized carbons (Fsp3) is 0.333. The van der Waals surface area contributed by atoms with Gasteiger partial charge in [0.15, 0.2) is 6.04 Å². The average molecular weight is 273 g/mol. The molecule has 20 heavy (non-hydrogen) atoms. The minimum Gasteiger partial charge on any atom is -0.467 e. The largest absolute Gasteiger partial charge is 0.467 e. The molecule has 5 heteroatoms. The van der Waals surface area contributed by atoms with Crippen molar-refractivity contribution in [3.05, 3.63) is 48.5 Å². The van der Waals surface area contributed by atoms with E-state index in [-0.39, 0.29) is 12.0 Å². The molecule has 2 aromatic rings. The van der Waals surface area contributed by atoms with Crippen LogP contribution in [0.4, 0.5) is 5.69 Å². The number of ether oxygens (including phenoxy) is 1. The third-order valence-electron chi connectivity index (χ3n) is 3.07. The first-order valence-electron chi connectivity index (χ1n) is 6.54. The summed E-state index contributed by atoms with van der Waals surface area (Å²) in [6.07, 6.45) is 3.42. The third kappa shape index (κ3) is 2.99. The lowest BCUT2D eigenvalue weighted by Crippen LogP contribution is -2.25. The third-order valence-corrected chi connectivity index (χ3v) is 3.07. The van der Waals surface area contributed by atoms with Crippen molar-refractivity contribution >= 4 is 11.7 Å². The molecule has 2 rings (SSSR count). The Morgan fingerprint density at radius 1 is 1.30 bits per heavy atom. The molecule has 0 saturated carbocycles. The first kappa shape index (κ1) is 14.1. The smallest absolute Gasteiger partial charge is 0.334 e. The lowest BCUT2D eigenvalue weighted by atomic mass is 10.2. The van der Waals surface area contributed by atoms with Gasteiger partial charge in [0.05, 0.1) is 25.3 Å². The van der Waals surface area contributed by atoms with E-state index in [1.807, 2.05) is 48.7 Å². The molecule has 1 aromatic heterocycles.